The summed E-state index contributed by atoms with van der Waals surface area (Å²) < 4.78 is 2.31. The van der Waals surface area contributed by atoms with Crippen molar-refractivity contribution in [2.75, 3.05) is 18.4 Å². The second kappa shape index (κ2) is 6.56. The smallest absolute Gasteiger partial charge is 0.229 e. The van der Waals surface area contributed by atoms with Gasteiger partial charge < -0.3 is 10.2 Å². The van der Waals surface area contributed by atoms with E-state index in [4.69, 9.17) is 12.2 Å². The molecule has 24 heavy (non-hydrogen) atoms. The minimum Gasteiger partial charge on any atom is -0.342 e. The standard InChI is InChI=1S/C16H19N5O2S/c1-10-18-19-16(24)21(10)14-5-3-4-13(8-14)17-15(23)12-6-7-20(9-12)11(2)22/h3-5,8,12H,6-7,9H2,1-2H3,(H,17,23)(H,19,24). The summed E-state index contributed by atoms with van der Waals surface area (Å²) in [5.41, 5.74) is 1.53. The predicted octanol–water partition coefficient (Wildman–Crippen LogP) is 2.05. The molecule has 8 heteroatoms. The lowest BCUT2D eigenvalue weighted by Gasteiger charge is -2.14. The minimum atomic E-state index is -0.171. The van der Waals surface area contributed by atoms with Crippen molar-refractivity contribution in [1.82, 2.24) is 19.7 Å². The molecule has 1 aliphatic rings. The molecule has 1 fully saturated rings. The molecule has 1 aliphatic heterocycles. The van der Waals surface area contributed by atoms with Crippen LogP contribution in [0.1, 0.15) is 19.2 Å². The summed E-state index contributed by atoms with van der Waals surface area (Å²) in [6.07, 6.45) is 0.691. The highest BCUT2D eigenvalue weighted by atomic mass is 32.1. The van der Waals surface area contributed by atoms with Gasteiger partial charge in [0.25, 0.3) is 0 Å². The molecule has 7 nitrogen and oxygen atoms in total. The molecule has 0 spiro atoms. The molecule has 3 rings (SSSR count). The number of hydrogen-bond acceptors (Lipinski definition) is 4. The van der Waals surface area contributed by atoms with Crippen LogP contribution in [-0.4, -0.2) is 44.6 Å². The Kier molecular flexibility index (Phi) is 4.48. The van der Waals surface area contributed by atoms with E-state index in [1.807, 2.05) is 31.2 Å². The number of likely N-dealkylation sites (tertiary alicyclic amines) is 1. The molecule has 1 aromatic heterocycles. The topological polar surface area (TPSA) is 83.0 Å². The van der Waals surface area contributed by atoms with Crippen LogP contribution in [0, 0.1) is 17.6 Å². The van der Waals surface area contributed by atoms with Gasteiger partial charge in [-0.15, -0.1) is 0 Å². The number of amides is 2. The number of aromatic nitrogens is 3. The lowest BCUT2D eigenvalue weighted by molar-refractivity contribution is -0.128. The predicted molar refractivity (Wildman–Crippen MR) is 92.5 cm³/mol. The van der Waals surface area contributed by atoms with E-state index in [2.05, 4.69) is 15.5 Å². The molecule has 2 N–H and O–H groups in total. The molecule has 2 aromatic rings. The summed E-state index contributed by atoms with van der Waals surface area (Å²) >= 11 is 5.23. The second-order valence-corrected chi connectivity index (χ2v) is 6.29. The summed E-state index contributed by atoms with van der Waals surface area (Å²) in [5.74, 6) is 0.521. The average molecular weight is 345 g/mol. The van der Waals surface area contributed by atoms with Crippen LogP contribution in [-0.2, 0) is 9.59 Å². The quantitative estimate of drug-likeness (QED) is 0.834. The van der Waals surface area contributed by atoms with E-state index in [-0.39, 0.29) is 17.7 Å². The monoisotopic (exact) mass is 345 g/mol. The number of H-pyrrole nitrogens is 1. The zero-order valence-corrected chi connectivity index (χ0v) is 14.4. The van der Waals surface area contributed by atoms with Crippen LogP contribution in [0.5, 0.6) is 0 Å². The largest absolute Gasteiger partial charge is 0.342 e. The van der Waals surface area contributed by atoms with Gasteiger partial charge in [-0.25, -0.2) is 0 Å². The number of hydrogen-bond donors (Lipinski definition) is 2. The molecule has 1 unspecified atom stereocenters. The SMILES string of the molecule is CC(=O)N1CCC(C(=O)Nc2cccc(-n3c(C)n[nH]c3=S)c2)C1. The van der Waals surface area contributed by atoms with Crippen molar-refractivity contribution < 1.29 is 9.59 Å². The fourth-order valence-corrected chi connectivity index (χ4v) is 3.19. The van der Waals surface area contributed by atoms with E-state index in [0.29, 0.717) is 30.0 Å². The maximum absolute atomic E-state index is 12.4. The van der Waals surface area contributed by atoms with Gasteiger partial charge in [0, 0.05) is 25.7 Å². The number of rotatable bonds is 3. The number of anilines is 1. The van der Waals surface area contributed by atoms with Crippen molar-refractivity contribution in [3.63, 3.8) is 0 Å². The Labute approximate surface area is 144 Å². The summed E-state index contributed by atoms with van der Waals surface area (Å²) in [7, 11) is 0. The van der Waals surface area contributed by atoms with Gasteiger partial charge in [0.15, 0.2) is 4.77 Å². The lowest BCUT2D eigenvalue weighted by atomic mass is 10.1. The molecular formula is C16H19N5O2S. The van der Waals surface area contributed by atoms with E-state index < -0.39 is 0 Å². The molecular weight excluding hydrogens is 326 g/mol. The first-order chi connectivity index (χ1) is 11.5. The third-order valence-corrected chi connectivity index (χ3v) is 4.49. The van der Waals surface area contributed by atoms with Crippen LogP contribution in [0.3, 0.4) is 0 Å². The third-order valence-electron chi connectivity index (χ3n) is 4.22. The maximum Gasteiger partial charge on any atom is 0.229 e. The van der Waals surface area contributed by atoms with Crippen LogP contribution in [0.25, 0.3) is 5.69 Å². The van der Waals surface area contributed by atoms with Crippen LogP contribution in [0.2, 0.25) is 0 Å². The van der Waals surface area contributed by atoms with Crippen molar-refractivity contribution in [3.8, 4) is 5.69 Å². The van der Waals surface area contributed by atoms with Gasteiger partial charge >= 0.3 is 0 Å². The fourth-order valence-electron chi connectivity index (χ4n) is 2.91. The van der Waals surface area contributed by atoms with E-state index >= 15 is 0 Å². The van der Waals surface area contributed by atoms with Crippen molar-refractivity contribution in [3.05, 3.63) is 34.9 Å². The molecule has 0 saturated carbocycles. The second-order valence-electron chi connectivity index (χ2n) is 5.90. The highest BCUT2D eigenvalue weighted by Gasteiger charge is 2.29. The summed E-state index contributed by atoms with van der Waals surface area (Å²) in [4.78, 5) is 25.5. The molecule has 1 atom stereocenters. The fraction of sp³-hybridized carbons (Fsp3) is 0.375. The Morgan fingerprint density at radius 3 is 2.83 bits per heavy atom. The van der Waals surface area contributed by atoms with Gasteiger partial charge in [-0.05, 0) is 43.8 Å². The van der Waals surface area contributed by atoms with E-state index in [9.17, 15) is 9.59 Å². The molecule has 126 valence electrons. The Morgan fingerprint density at radius 1 is 1.42 bits per heavy atom. The highest BCUT2D eigenvalue weighted by molar-refractivity contribution is 7.71. The molecule has 0 aliphatic carbocycles. The van der Waals surface area contributed by atoms with Gasteiger partial charge in [0.2, 0.25) is 11.8 Å². The number of nitrogens with zero attached hydrogens (tertiary/aromatic N) is 3. The number of carbonyl (C=O) groups excluding carboxylic acids is 2. The molecule has 2 heterocycles. The van der Waals surface area contributed by atoms with Crippen molar-refractivity contribution in [1.29, 1.82) is 0 Å². The first-order valence-corrected chi connectivity index (χ1v) is 8.17. The molecule has 1 saturated heterocycles. The Hall–Kier alpha value is -2.48. The first-order valence-electron chi connectivity index (χ1n) is 7.76. The van der Waals surface area contributed by atoms with Crippen molar-refractivity contribution >= 4 is 29.7 Å². The van der Waals surface area contributed by atoms with Gasteiger partial charge in [0.1, 0.15) is 5.82 Å². The van der Waals surface area contributed by atoms with Crippen LogP contribution < -0.4 is 5.32 Å². The number of carbonyl (C=O) groups is 2. The molecule has 2 amide bonds. The molecule has 1 aromatic carbocycles. The first kappa shape index (κ1) is 16.4. The lowest BCUT2D eigenvalue weighted by Crippen LogP contribution is -2.29. The van der Waals surface area contributed by atoms with Gasteiger partial charge in [0.05, 0.1) is 11.6 Å². The minimum absolute atomic E-state index is 0.0112. The van der Waals surface area contributed by atoms with Crippen LogP contribution in [0.15, 0.2) is 24.3 Å². The summed E-state index contributed by atoms with van der Waals surface area (Å²) in [5, 5.41) is 9.77. The zero-order chi connectivity index (χ0) is 17.3. The number of benzene rings is 1. The van der Waals surface area contributed by atoms with Crippen molar-refractivity contribution in [2.24, 2.45) is 5.92 Å². The van der Waals surface area contributed by atoms with E-state index in [1.54, 1.807) is 9.47 Å². The number of nitrogens with one attached hydrogen (secondary N) is 2. The van der Waals surface area contributed by atoms with E-state index in [1.165, 1.54) is 6.92 Å². The average Bonchev–Trinajstić information content (AvgIpc) is 3.15. The maximum atomic E-state index is 12.4. The summed E-state index contributed by atoms with van der Waals surface area (Å²) in [6, 6.07) is 7.45. The highest BCUT2D eigenvalue weighted by Crippen LogP contribution is 2.20. The zero-order valence-electron chi connectivity index (χ0n) is 13.6. The third kappa shape index (κ3) is 3.23. The Bertz CT molecular complexity index is 841. The van der Waals surface area contributed by atoms with Crippen LogP contribution >= 0.6 is 12.2 Å². The van der Waals surface area contributed by atoms with Gasteiger partial charge in [-0.2, -0.15) is 5.10 Å². The molecule has 0 radical (unpaired) electrons. The Balaban J connectivity index is 1.75. The number of aromatic amines is 1. The van der Waals surface area contributed by atoms with Gasteiger partial charge in [-0.1, -0.05) is 6.07 Å². The Morgan fingerprint density at radius 2 is 2.21 bits per heavy atom. The molecule has 0 bridgehead atoms. The van der Waals surface area contributed by atoms with Gasteiger partial charge in [-0.3, -0.25) is 19.3 Å². The summed E-state index contributed by atoms with van der Waals surface area (Å²) in [6.45, 7) is 4.50. The van der Waals surface area contributed by atoms with E-state index in [0.717, 1.165) is 11.5 Å². The van der Waals surface area contributed by atoms with Crippen molar-refractivity contribution in [2.45, 2.75) is 20.3 Å². The van der Waals surface area contributed by atoms with Crippen LogP contribution in [0.4, 0.5) is 5.69 Å². The normalized spacial score (nSPS) is 17.1. The number of aryl methyl sites for hydroxylation is 1.